The fourth-order valence-corrected chi connectivity index (χ4v) is 3.41. The van der Waals surface area contributed by atoms with Crippen LogP contribution in [0.2, 0.25) is 10.0 Å². The molecule has 25 heavy (non-hydrogen) atoms. The van der Waals surface area contributed by atoms with E-state index in [9.17, 15) is 9.59 Å². The monoisotopic (exact) mass is 383 g/mol. The van der Waals surface area contributed by atoms with Gasteiger partial charge in [0.2, 0.25) is 0 Å². The van der Waals surface area contributed by atoms with Gasteiger partial charge in [-0.3, -0.25) is 9.59 Å². The molecule has 3 rings (SSSR count). The van der Waals surface area contributed by atoms with Crippen molar-refractivity contribution in [2.24, 2.45) is 0 Å². The summed E-state index contributed by atoms with van der Waals surface area (Å²) in [7, 11) is 0. The molecule has 2 aromatic rings. The topological polar surface area (TPSA) is 66.1 Å². The van der Waals surface area contributed by atoms with E-state index >= 15 is 0 Å². The van der Waals surface area contributed by atoms with Crippen molar-refractivity contribution in [1.29, 1.82) is 0 Å². The van der Waals surface area contributed by atoms with Crippen LogP contribution in [0, 0.1) is 13.8 Å². The van der Waals surface area contributed by atoms with Crippen molar-refractivity contribution < 1.29 is 9.53 Å². The first-order chi connectivity index (χ1) is 11.9. The number of aromatic nitrogens is 3. The van der Waals surface area contributed by atoms with Crippen LogP contribution >= 0.6 is 23.2 Å². The number of ether oxygens (including phenoxy) is 1. The van der Waals surface area contributed by atoms with Crippen LogP contribution in [-0.2, 0) is 17.8 Å². The number of hydrogen-bond donors (Lipinski definition) is 0. The van der Waals surface area contributed by atoms with Crippen molar-refractivity contribution in [3.8, 4) is 0 Å². The molecule has 0 spiro atoms. The number of aryl methyl sites for hydroxylation is 1. The average Bonchev–Trinajstić information content (AvgIpc) is 3.19. The molecule has 8 heteroatoms. The predicted octanol–water partition coefficient (Wildman–Crippen LogP) is 3.03. The highest BCUT2D eigenvalue weighted by Crippen LogP contribution is 2.21. The lowest BCUT2D eigenvalue weighted by Gasteiger charge is -2.14. The van der Waals surface area contributed by atoms with E-state index in [2.05, 4.69) is 9.67 Å². The Balaban J connectivity index is 1.83. The lowest BCUT2D eigenvalue weighted by atomic mass is 10.1. The van der Waals surface area contributed by atoms with Gasteiger partial charge in [0.25, 0.3) is 5.56 Å². The van der Waals surface area contributed by atoms with E-state index < -0.39 is 5.56 Å². The fraction of sp³-hybridized carbons (Fsp3) is 0.471. The molecule has 0 radical (unpaired) electrons. The average molecular weight is 384 g/mol. The molecular formula is C17H19Cl2N3O3. The molecule has 0 aliphatic carbocycles. The fourth-order valence-electron chi connectivity index (χ4n) is 3.14. The summed E-state index contributed by atoms with van der Waals surface area (Å²) in [5.41, 5.74) is 1.86. The summed E-state index contributed by atoms with van der Waals surface area (Å²) in [6, 6.07) is 1.84. The van der Waals surface area contributed by atoms with Gasteiger partial charge in [-0.25, -0.2) is 4.68 Å². The Hall–Kier alpha value is -1.63. The first kappa shape index (κ1) is 18.2. The molecule has 1 fully saturated rings. The number of Topliss-reactive ketones (excluding diaryl/α,β-unsaturated/α-hetero) is 1. The second kappa shape index (κ2) is 7.32. The molecule has 0 unspecified atom stereocenters. The van der Waals surface area contributed by atoms with E-state index in [1.807, 2.05) is 19.9 Å². The smallest absolute Gasteiger partial charge is 0.287 e. The van der Waals surface area contributed by atoms with Gasteiger partial charge in [0.05, 0.1) is 17.3 Å². The third-order valence-corrected chi connectivity index (χ3v) is 5.27. The molecule has 0 aromatic carbocycles. The highest BCUT2D eigenvalue weighted by molar-refractivity contribution is 6.41. The Morgan fingerprint density at radius 3 is 2.84 bits per heavy atom. The maximum absolute atomic E-state index is 12.7. The second-order valence-electron chi connectivity index (χ2n) is 6.22. The zero-order valence-electron chi connectivity index (χ0n) is 14.1. The first-order valence-electron chi connectivity index (χ1n) is 8.11. The summed E-state index contributed by atoms with van der Waals surface area (Å²) in [4.78, 5) is 24.7. The third kappa shape index (κ3) is 3.66. The number of carbonyl (C=O) groups is 1. The number of hydrogen-bond acceptors (Lipinski definition) is 4. The Morgan fingerprint density at radius 2 is 2.16 bits per heavy atom. The summed E-state index contributed by atoms with van der Waals surface area (Å²) < 4.78 is 8.81. The number of ketones is 1. The van der Waals surface area contributed by atoms with Gasteiger partial charge in [-0.1, -0.05) is 23.2 Å². The van der Waals surface area contributed by atoms with Crippen LogP contribution < -0.4 is 5.56 Å². The number of rotatable bonds is 5. The molecule has 134 valence electrons. The van der Waals surface area contributed by atoms with Crippen LogP contribution in [0.1, 0.15) is 34.6 Å². The second-order valence-corrected chi connectivity index (χ2v) is 7.01. The summed E-state index contributed by atoms with van der Waals surface area (Å²) in [6.45, 7) is 5.21. The molecule has 6 nitrogen and oxygen atoms in total. The van der Waals surface area contributed by atoms with Crippen LogP contribution in [0.3, 0.4) is 0 Å². The molecule has 1 aliphatic rings. The van der Waals surface area contributed by atoms with Gasteiger partial charge in [0, 0.05) is 30.1 Å². The van der Waals surface area contributed by atoms with Crippen molar-refractivity contribution >= 4 is 29.0 Å². The van der Waals surface area contributed by atoms with Gasteiger partial charge in [-0.15, -0.1) is 0 Å². The summed E-state index contributed by atoms with van der Waals surface area (Å²) in [5, 5.41) is 3.83. The predicted molar refractivity (Wildman–Crippen MR) is 95.7 cm³/mol. The van der Waals surface area contributed by atoms with Crippen molar-refractivity contribution in [1.82, 2.24) is 14.3 Å². The summed E-state index contributed by atoms with van der Waals surface area (Å²) in [5.74, 6) is -0.195. The van der Waals surface area contributed by atoms with Crippen LogP contribution in [0.4, 0.5) is 0 Å². The zero-order chi connectivity index (χ0) is 18.1. The molecule has 0 saturated carbocycles. The molecule has 3 heterocycles. The Morgan fingerprint density at radius 1 is 1.40 bits per heavy atom. The SMILES string of the molecule is Cc1cc(C(=O)Cn2ncc(Cl)c(Cl)c2=O)c(C)n1C[C@H]1CCCO1. The molecule has 1 atom stereocenters. The van der Waals surface area contributed by atoms with E-state index in [1.54, 1.807) is 0 Å². The molecule has 0 amide bonds. The largest absolute Gasteiger partial charge is 0.376 e. The molecule has 1 saturated heterocycles. The quantitative estimate of drug-likeness (QED) is 0.744. The number of nitrogens with zero attached hydrogens (tertiary/aromatic N) is 3. The van der Waals surface area contributed by atoms with Gasteiger partial charge in [0.15, 0.2) is 5.78 Å². The Labute approximate surface area is 155 Å². The maximum Gasteiger partial charge on any atom is 0.287 e. The molecule has 1 aliphatic heterocycles. The van der Waals surface area contributed by atoms with E-state index in [1.165, 1.54) is 6.20 Å². The lowest BCUT2D eigenvalue weighted by Crippen LogP contribution is -2.27. The maximum atomic E-state index is 12.7. The van der Waals surface area contributed by atoms with Gasteiger partial charge in [-0.05, 0) is 32.8 Å². The minimum Gasteiger partial charge on any atom is -0.376 e. The van der Waals surface area contributed by atoms with Crippen LogP contribution in [0.15, 0.2) is 17.1 Å². The minimum absolute atomic E-state index is 0.0742. The van der Waals surface area contributed by atoms with E-state index in [0.717, 1.165) is 42.1 Å². The molecule has 2 aromatic heterocycles. The van der Waals surface area contributed by atoms with Crippen molar-refractivity contribution in [2.75, 3.05) is 6.61 Å². The van der Waals surface area contributed by atoms with Crippen molar-refractivity contribution in [3.05, 3.63) is 49.6 Å². The highest BCUT2D eigenvalue weighted by Gasteiger charge is 2.22. The number of halogens is 2. The van der Waals surface area contributed by atoms with Crippen molar-refractivity contribution in [3.63, 3.8) is 0 Å². The Kier molecular flexibility index (Phi) is 5.32. The van der Waals surface area contributed by atoms with Gasteiger partial charge >= 0.3 is 0 Å². The van der Waals surface area contributed by atoms with Crippen LogP contribution in [0.5, 0.6) is 0 Å². The third-order valence-electron chi connectivity index (χ3n) is 4.52. The van der Waals surface area contributed by atoms with E-state index in [0.29, 0.717) is 5.56 Å². The molecule has 0 bridgehead atoms. The van der Waals surface area contributed by atoms with Crippen molar-refractivity contribution in [2.45, 2.75) is 45.9 Å². The van der Waals surface area contributed by atoms with E-state index in [-0.39, 0.29) is 28.5 Å². The van der Waals surface area contributed by atoms with Gasteiger partial charge in [0.1, 0.15) is 11.6 Å². The highest BCUT2D eigenvalue weighted by atomic mass is 35.5. The van der Waals surface area contributed by atoms with Gasteiger partial charge in [-0.2, -0.15) is 5.10 Å². The molecular weight excluding hydrogens is 365 g/mol. The standard InChI is InChI=1S/C17H19Cl2N3O3/c1-10-6-13(11(2)21(10)8-12-4-3-5-25-12)15(23)9-22-17(24)16(19)14(18)7-20-22/h6-7,12H,3-5,8-9H2,1-2H3/t12-/m1/s1. The first-order valence-corrected chi connectivity index (χ1v) is 8.86. The summed E-state index contributed by atoms with van der Waals surface area (Å²) in [6.07, 6.45) is 3.55. The normalized spacial score (nSPS) is 17.2. The summed E-state index contributed by atoms with van der Waals surface area (Å²) >= 11 is 11.6. The number of carbonyl (C=O) groups excluding carboxylic acids is 1. The zero-order valence-corrected chi connectivity index (χ0v) is 15.6. The molecule has 0 N–H and O–H groups in total. The van der Waals surface area contributed by atoms with E-state index in [4.69, 9.17) is 27.9 Å². The van der Waals surface area contributed by atoms with Gasteiger partial charge < -0.3 is 9.30 Å². The minimum atomic E-state index is -0.573. The lowest BCUT2D eigenvalue weighted by molar-refractivity contribution is 0.0946. The Bertz CT molecular complexity index is 867. The van der Waals surface area contributed by atoms with Crippen LogP contribution in [-0.4, -0.2) is 32.8 Å². The van der Waals surface area contributed by atoms with Crippen LogP contribution in [0.25, 0.3) is 0 Å².